The lowest BCUT2D eigenvalue weighted by Gasteiger charge is -2.17. The third kappa shape index (κ3) is 2.27. The third-order valence-electron chi connectivity index (χ3n) is 3.20. The molecule has 96 valence electrons. The lowest BCUT2D eigenvalue weighted by atomic mass is 10.0. The number of hydrogen-bond donors (Lipinski definition) is 1. The van der Waals surface area contributed by atoms with E-state index in [2.05, 4.69) is 61.5 Å². The molecule has 0 aliphatic carbocycles. The number of nitrogens with zero attached hydrogens (tertiary/aromatic N) is 1. The molecule has 1 heterocycles. The Morgan fingerprint density at radius 2 is 1.72 bits per heavy atom. The molecule has 0 saturated carbocycles. The number of nitrogens with one attached hydrogen (secondary N) is 1. The Morgan fingerprint density at radius 1 is 1.06 bits per heavy atom. The van der Waals surface area contributed by atoms with Crippen LogP contribution in [0, 0.1) is 4.77 Å². The number of H-pyrrole nitrogens is 1. The van der Waals surface area contributed by atoms with Crippen molar-refractivity contribution in [1.82, 2.24) is 9.55 Å². The molecule has 0 bridgehead atoms. The second-order valence-corrected chi connectivity index (χ2v) is 5.61. The second-order valence-electron chi connectivity index (χ2n) is 5.22. The SMILES string of the molecule is CC(C)c1ccccc1-n1c(C(C)C)c[nH]c1=S. The number of para-hydroxylation sites is 1. The highest BCUT2D eigenvalue weighted by atomic mass is 32.1. The van der Waals surface area contributed by atoms with Crippen molar-refractivity contribution < 1.29 is 0 Å². The van der Waals surface area contributed by atoms with Gasteiger partial charge in [0, 0.05) is 11.9 Å². The quantitative estimate of drug-likeness (QED) is 0.787. The highest BCUT2D eigenvalue weighted by molar-refractivity contribution is 7.71. The molecule has 1 aromatic heterocycles. The molecule has 3 heteroatoms. The average molecular weight is 260 g/mol. The van der Waals surface area contributed by atoms with Crippen molar-refractivity contribution in [2.45, 2.75) is 39.5 Å². The summed E-state index contributed by atoms with van der Waals surface area (Å²) in [6.07, 6.45) is 2.02. The topological polar surface area (TPSA) is 20.7 Å². The van der Waals surface area contributed by atoms with Gasteiger partial charge in [0.2, 0.25) is 0 Å². The molecule has 0 unspecified atom stereocenters. The van der Waals surface area contributed by atoms with E-state index in [4.69, 9.17) is 12.2 Å². The number of imidazole rings is 1. The van der Waals surface area contributed by atoms with Crippen molar-refractivity contribution in [3.63, 3.8) is 0 Å². The first-order valence-electron chi connectivity index (χ1n) is 6.42. The van der Waals surface area contributed by atoms with Gasteiger partial charge in [-0.15, -0.1) is 0 Å². The van der Waals surface area contributed by atoms with Gasteiger partial charge in [-0.1, -0.05) is 45.9 Å². The zero-order chi connectivity index (χ0) is 13.3. The summed E-state index contributed by atoms with van der Waals surface area (Å²) in [7, 11) is 0. The molecule has 18 heavy (non-hydrogen) atoms. The summed E-state index contributed by atoms with van der Waals surface area (Å²) >= 11 is 5.43. The van der Waals surface area contributed by atoms with Gasteiger partial charge in [-0.2, -0.15) is 0 Å². The van der Waals surface area contributed by atoms with E-state index in [-0.39, 0.29) is 0 Å². The van der Waals surface area contributed by atoms with E-state index in [1.54, 1.807) is 0 Å². The van der Waals surface area contributed by atoms with E-state index < -0.39 is 0 Å². The maximum Gasteiger partial charge on any atom is 0.182 e. The van der Waals surface area contributed by atoms with Gasteiger partial charge in [-0.05, 0) is 35.7 Å². The minimum atomic E-state index is 0.443. The van der Waals surface area contributed by atoms with Crippen LogP contribution in [0.2, 0.25) is 0 Å². The van der Waals surface area contributed by atoms with Crippen molar-refractivity contribution in [2.75, 3.05) is 0 Å². The van der Waals surface area contributed by atoms with Gasteiger partial charge in [0.15, 0.2) is 4.77 Å². The lowest BCUT2D eigenvalue weighted by Crippen LogP contribution is -2.06. The van der Waals surface area contributed by atoms with Gasteiger partial charge in [-0.3, -0.25) is 4.57 Å². The largest absolute Gasteiger partial charge is 0.337 e. The standard InChI is InChI=1S/C15H20N2S/c1-10(2)12-7-5-6-8-13(12)17-14(11(3)4)9-16-15(17)18/h5-11H,1-4H3,(H,16,18). The summed E-state index contributed by atoms with van der Waals surface area (Å²) in [6, 6.07) is 8.48. The smallest absolute Gasteiger partial charge is 0.182 e. The Labute approximate surface area is 114 Å². The van der Waals surface area contributed by atoms with Crippen LogP contribution in [0.15, 0.2) is 30.5 Å². The Bertz CT molecular complexity index is 591. The van der Waals surface area contributed by atoms with Gasteiger partial charge in [0.05, 0.1) is 5.69 Å². The monoisotopic (exact) mass is 260 g/mol. The first-order valence-corrected chi connectivity index (χ1v) is 6.82. The predicted molar refractivity (Wildman–Crippen MR) is 79.1 cm³/mol. The summed E-state index contributed by atoms with van der Waals surface area (Å²) in [5.74, 6) is 0.927. The first kappa shape index (κ1) is 13.1. The normalized spacial score (nSPS) is 11.4. The van der Waals surface area contributed by atoms with Crippen molar-refractivity contribution in [2.24, 2.45) is 0 Å². The third-order valence-corrected chi connectivity index (χ3v) is 3.50. The minimum Gasteiger partial charge on any atom is -0.337 e. The highest BCUT2D eigenvalue weighted by Gasteiger charge is 2.13. The Balaban J connectivity index is 2.69. The van der Waals surface area contributed by atoms with Crippen LogP contribution in [-0.4, -0.2) is 9.55 Å². The second kappa shape index (κ2) is 5.11. The maximum atomic E-state index is 5.43. The molecule has 0 saturated heterocycles. The Morgan fingerprint density at radius 3 is 2.33 bits per heavy atom. The fourth-order valence-electron chi connectivity index (χ4n) is 2.23. The van der Waals surface area contributed by atoms with Crippen molar-refractivity contribution >= 4 is 12.2 Å². The van der Waals surface area contributed by atoms with E-state index >= 15 is 0 Å². The summed E-state index contributed by atoms with van der Waals surface area (Å²) in [6.45, 7) is 8.80. The van der Waals surface area contributed by atoms with E-state index in [0.717, 1.165) is 4.77 Å². The van der Waals surface area contributed by atoms with Gasteiger partial charge in [0.25, 0.3) is 0 Å². The van der Waals surface area contributed by atoms with Crippen LogP contribution < -0.4 is 0 Å². The molecule has 2 aromatic rings. The molecule has 0 aliphatic heterocycles. The molecule has 0 amide bonds. The predicted octanol–water partition coefficient (Wildman–Crippen LogP) is 4.78. The molecule has 1 N–H and O–H groups in total. The molecular formula is C15H20N2S. The molecule has 2 rings (SSSR count). The molecule has 0 fully saturated rings. The highest BCUT2D eigenvalue weighted by Crippen LogP contribution is 2.26. The van der Waals surface area contributed by atoms with Gasteiger partial charge >= 0.3 is 0 Å². The molecular weight excluding hydrogens is 240 g/mol. The van der Waals surface area contributed by atoms with Gasteiger partial charge < -0.3 is 4.98 Å². The van der Waals surface area contributed by atoms with Crippen molar-refractivity contribution in [1.29, 1.82) is 0 Å². The van der Waals surface area contributed by atoms with Crippen LogP contribution in [0.5, 0.6) is 0 Å². The molecule has 1 aromatic carbocycles. The van der Waals surface area contributed by atoms with Crippen molar-refractivity contribution in [3.05, 3.63) is 46.5 Å². The zero-order valence-corrected chi connectivity index (χ0v) is 12.2. The van der Waals surface area contributed by atoms with E-state index in [9.17, 15) is 0 Å². The average Bonchev–Trinajstić information content (AvgIpc) is 2.71. The van der Waals surface area contributed by atoms with Crippen LogP contribution in [0.25, 0.3) is 5.69 Å². The van der Waals surface area contributed by atoms with Crippen LogP contribution >= 0.6 is 12.2 Å². The fourth-order valence-corrected chi connectivity index (χ4v) is 2.50. The maximum absolute atomic E-state index is 5.43. The van der Waals surface area contributed by atoms with Gasteiger partial charge in [0.1, 0.15) is 0 Å². The number of hydrogen-bond acceptors (Lipinski definition) is 1. The lowest BCUT2D eigenvalue weighted by molar-refractivity contribution is 0.768. The molecule has 2 nitrogen and oxygen atoms in total. The van der Waals surface area contributed by atoms with E-state index in [1.807, 2.05) is 6.20 Å². The number of aromatic nitrogens is 2. The summed E-state index contributed by atoms with van der Waals surface area (Å²) in [5.41, 5.74) is 3.76. The molecule has 0 radical (unpaired) electrons. The van der Waals surface area contributed by atoms with E-state index in [0.29, 0.717) is 11.8 Å². The summed E-state index contributed by atoms with van der Waals surface area (Å²) in [5, 5.41) is 0. The molecule has 0 atom stereocenters. The first-order chi connectivity index (χ1) is 8.52. The molecule has 0 spiro atoms. The van der Waals surface area contributed by atoms with Crippen LogP contribution in [0.3, 0.4) is 0 Å². The van der Waals surface area contributed by atoms with Gasteiger partial charge in [-0.25, -0.2) is 0 Å². The summed E-state index contributed by atoms with van der Waals surface area (Å²) < 4.78 is 2.93. The Hall–Kier alpha value is -1.35. The van der Waals surface area contributed by atoms with Crippen molar-refractivity contribution in [3.8, 4) is 5.69 Å². The van der Waals surface area contributed by atoms with Crippen LogP contribution in [0.1, 0.15) is 50.8 Å². The molecule has 0 aliphatic rings. The Kier molecular flexibility index (Phi) is 3.71. The fraction of sp³-hybridized carbons (Fsp3) is 0.400. The number of benzene rings is 1. The number of aromatic amines is 1. The van der Waals surface area contributed by atoms with Crippen LogP contribution in [0.4, 0.5) is 0 Å². The van der Waals surface area contributed by atoms with Crippen LogP contribution in [-0.2, 0) is 0 Å². The zero-order valence-electron chi connectivity index (χ0n) is 11.4. The number of rotatable bonds is 3. The minimum absolute atomic E-state index is 0.443. The van der Waals surface area contributed by atoms with E-state index in [1.165, 1.54) is 16.9 Å². The summed E-state index contributed by atoms with van der Waals surface area (Å²) in [4.78, 5) is 3.16.